The van der Waals surface area contributed by atoms with Crippen molar-refractivity contribution < 1.29 is 18.9 Å². The third-order valence-corrected chi connectivity index (χ3v) is 3.41. The number of carbonyl (C=O) groups excluding carboxylic acids is 1. The molecule has 2 aromatic carbocycles. The number of para-hydroxylation sites is 2. The molecule has 0 aromatic heterocycles. The van der Waals surface area contributed by atoms with Gasteiger partial charge in [0.25, 0.3) is 0 Å². The molecule has 1 aliphatic rings. The summed E-state index contributed by atoms with van der Waals surface area (Å²) < 4.78 is 15.1. The second-order valence-electron chi connectivity index (χ2n) is 4.96. The summed E-state index contributed by atoms with van der Waals surface area (Å²) in [6.45, 7) is 0. The number of hydrazine groups is 1. The van der Waals surface area contributed by atoms with Crippen LogP contribution in [0.1, 0.15) is 12.0 Å². The molecule has 0 saturated heterocycles. The number of amides is 1. The number of halogens is 1. The molecule has 1 aliphatic heterocycles. The van der Waals surface area contributed by atoms with E-state index in [9.17, 15) is 14.3 Å². The predicted octanol–water partition coefficient (Wildman–Crippen LogP) is 1.72. The van der Waals surface area contributed by atoms with Gasteiger partial charge in [-0.3, -0.25) is 10.2 Å². The van der Waals surface area contributed by atoms with Crippen molar-refractivity contribution in [2.45, 2.75) is 6.42 Å². The number of rotatable bonds is 3. The largest absolute Gasteiger partial charge is 0.507 e. The average molecular weight is 313 g/mol. The van der Waals surface area contributed by atoms with Crippen LogP contribution in [0.5, 0.6) is 5.75 Å². The zero-order chi connectivity index (χ0) is 16.4. The monoisotopic (exact) mass is 313 g/mol. The SMILES string of the molecule is NNC(=O)CC1=Nc2ccccc2[N+]1=Cc1cc(F)ccc1O. The zero-order valence-electron chi connectivity index (χ0n) is 12.0. The molecule has 0 saturated carbocycles. The van der Waals surface area contributed by atoms with Gasteiger partial charge in [0.05, 0.1) is 5.56 Å². The number of nitrogens with two attached hydrogens (primary N) is 1. The number of amidine groups is 1. The van der Waals surface area contributed by atoms with Crippen LogP contribution in [0.25, 0.3) is 0 Å². The van der Waals surface area contributed by atoms with E-state index >= 15 is 0 Å². The van der Waals surface area contributed by atoms with E-state index in [2.05, 4.69) is 10.4 Å². The van der Waals surface area contributed by atoms with Gasteiger partial charge in [-0.05, 0) is 35.3 Å². The van der Waals surface area contributed by atoms with Crippen molar-refractivity contribution in [3.63, 3.8) is 0 Å². The van der Waals surface area contributed by atoms with Gasteiger partial charge in [-0.15, -0.1) is 0 Å². The highest BCUT2D eigenvalue weighted by Crippen LogP contribution is 2.34. The van der Waals surface area contributed by atoms with Crippen molar-refractivity contribution in [1.82, 2.24) is 5.43 Å². The molecule has 0 fully saturated rings. The highest BCUT2D eigenvalue weighted by atomic mass is 19.1. The summed E-state index contributed by atoms with van der Waals surface area (Å²) in [7, 11) is 0. The highest BCUT2D eigenvalue weighted by molar-refractivity contribution is 6.02. The van der Waals surface area contributed by atoms with Gasteiger partial charge < -0.3 is 5.11 Å². The Morgan fingerprint density at radius 1 is 1.35 bits per heavy atom. The second-order valence-corrected chi connectivity index (χ2v) is 4.96. The van der Waals surface area contributed by atoms with Crippen LogP contribution < -0.4 is 11.3 Å². The normalized spacial score (nSPS) is 14.5. The van der Waals surface area contributed by atoms with Gasteiger partial charge in [0.1, 0.15) is 24.2 Å². The number of phenolic OH excluding ortho intramolecular Hbond substituents is 1. The number of phenols is 1. The number of nitrogens with one attached hydrogen (secondary N) is 1. The summed E-state index contributed by atoms with van der Waals surface area (Å²) in [4.78, 5) is 16.0. The minimum Gasteiger partial charge on any atom is -0.507 e. The molecule has 0 spiro atoms. The van der Waals surface area contributed by atoms with Crippen molar-refractivity contribution in [3.05, 3.63) is 53.8 Å². The van der Waals surface area contributed by atoms with Crippen LogP contribution in [-0.2, 0) is 4.79 Å². The number of benzene rings is 2. The first kappa shape index (κ1) is 14.9. The Balaban J connectivity index is 2.09. The van der Waals surface area contributed by atoms with Gasteiger partial charge in [-0.25, -0.2) is 10.2 Å². The minimum atomic E-state index is -0.472. The van der Waals surface area contributed by atoms with Gasteiger partial charge in [-0.1, -0.05) is 12.1 Å². The molecular weight excluding hydrogens is 299 g/mol. The number of hydrogen-bond acceptors (Lipinski definition) is 4. The van der Waals surface area contributed by atoms with Crippen molar-refractivity contribution in [1.29, 1.82) is 0 Å². The van der Waals surface area contributed by atoms with Gasteiger partial charge in [0.15, 0.2) is 5.69 Å². The number of carbonyl (C=O) groups is 1. The summed E-state index contributed by atoms with van der Waals surface area (Å²) in [6, 6.07) is 10.9. The molecule has 0 atom stereocenters. The third-order valence-electron chi connectivity index (χ3n) is 3.41. The molecule has 0 unspecified atom stereocenters. The Kier molecular flexibility index (Phi) is 3.86. The maximum atomic E-state index is 13.4. The summed E-state index contributed by atoms with van der Waals surface area (Å²) >= 11 is 0. The first-order valence-corrected chi connectivity index (χ1v) is 6.87. The summed E-state index contributed by atoms with van der Waals surface area (Å²) in [5.41, 5.74) is 3.75. The van der Waals surface area contributed by atoms with E-state index in [4.69, 9.17) is 5.84 Å². The van der Waals surface area contributed by atoms with E-state index in [0.717, 1.165) is 5.69 Å². The van der Waals surface area contributed by atoms with Gasteiger partial charge >= 0.3 is 5.84 Å². The molecule has 0 radical (unpaired) electrons. The molecule has 1 amide bonds. The van der Waals surface area contributed by atoms with Crippen LogP contribution in [0.2, 0.25) is 0 Å². The number of aliphatic imine (C=N–C) groups is 1. The lowest BCUT2D eigenvalue weighted by Gasteiger charge is -2.03. The van der Waals surface area contributed by atoms with E-state index in [1.165, 1.54) is 24.4 Å². The highest BCUT2D eigenvalue weighted by Gasteiger charge is 2.31. The maximum absolute atomic E-state index is 13.4. The average Bonchev–Trinajstić information content (AvgIpc) is 2.88. The third kappa shape index (κ3) is 2.95. The quantitative estimate of drug-likeness (QED) is 0.349. The van der Waals surface area contributed by atoms with Crippen LogP contribution in [0.15, 0.2) is 47.5 Å². The van der Waals surface area contributed by atoms with Crippen molar-refractivity contribution in [2.24, 2.45) is 10.8 Å². The molecule has 0 bridgehead atoms. The van der Waals surface area contributed by atoms with Crippen LogP contribution in [0, 0.1) is 5.82 Å². The number of fused-ring (bicyclic) bond motifs is 1. The van der Waals surface area contributed by atoms with Crippen molar-refractivity contribution in [3.8, 4) is 5.75 Å². The van der Waals surface area contributed by atoms with Gasteiger partial charge in [0, 0.05) is 0 Å². The molecule has 1 heterocycles. The Hall–Kier alpha value is -3.06. The van der Waals surface area contributed by atoms with E-state index in [-0.39, 0.29) is 17.7 Å². The standard InChI is InChI=1S/C16H13FN4O2/c17-11-5-6-14(22)10(7-11)9-21-13-4-2-1-3-12(13)19-15(21)8-16(23)20-18/h1-7,9H,8,18H2,(H,20,23)/p+1. The van der Waals surface area contributed by atoms with E-state index in [0.29, 0.717) is 11.5 Å². The molecule has 23 heavy (non-hydrogen) atoms. The lowest BCUT2D eigenvalue weighted by atomic mass is 10.2. The van der Waals surface area contributed by atoms with E-state index in [1.54, 1.807) is 10.6 Å². The fourth-order valence-electron chi connectivity index (χ4n) is 2.33. The van der Waals surface area contributed by atoms with Gasteiger partial charge in [-0.2, -0.15) is 4.58 Å². The second kappa shape index (κ2) is 5.98. The van der Waals surface area contributed by atoms with Crippen molar-refractivity contribution in [2.75, 3.05) is 0 Å². The smallest absolute Gasteiger partial charge is 0.314 e. The molecule has 4 N–H and O–H groups in total. The molecule has 116 valence electrons. The van der Waals surface area contributed by atoms with Crippen molar-refractivity contribution >= 4 is 29.3 Å². The molecule has 0 aliphatic carbocycles. The topological polar surface area (TPSA) is 90.7 Å². The van der Waals surface area contributed by atoms with Crippen LogP contribution in [-0.4, -0.2) is 27.6 Å². The van der Waals surface area contributed by atoms with Crippen LogP contribution in [0.4, 0.5) is 15.8 Å². The summed E-state index contributed by atoms with van der Waals surface area (Å²) in [5, 5.41) is 9.89. The van der Waals surface area contributed by atoms with Crippen LogP contribution in [0.3, 0.4) is 0 Å². The number of aromatic hydroxyl groups is 1. The zero-order valence-corrected chi connectivity index (χ0v) is 12.0. The Morgan fingerprint density at radius 2 is 2.13 bits per heavy atom. The molecule has 3 rings (SSSR count). The predicted molar refractivity (Wildman–Crippen MR) is 83.6 cm³/mol. The van der Waals surface area contributed by atoms with Crippen LogP contribution >= 0.6 is 0 Å². The van der Waals surface area contributed by atoms with Gasteiger partial charge in [0.2, 0.25) is 11.6 Å². The van der Waals surface area contributed by atoms with E-state index < -0.39 is 11.7 Å². The minimum absolute atomic E-state index is 0.0439. The Morgan fingerprint density at radius 3 is 2.91 bits per heavy atom. The lowest BCUT2D eigenvalue weighted by molar-refractivity contribution is -0.296. The fourth-order valence-corrected chi connectivity index (χ4v) is 2.33. The number of hydrogen-bond donors (Lipinski definition) is 3. The summed E-state index contributed by atoms with van der Waals surface area (Å²) in [5.74, 6) is 4.61. The maximum Gasteiger partial charge on any atom is 0.314 e. The summed E-state index contributed by atoms with van der Waals surface area (Å²) in [6.07, 6.45) is 1.49. The molecule has 7 heteroatoms. The first-order chi connectivity index (χ1) is 11.1. The molecule has 2 aromatic rings. The first-order valence-electron chi connectivity index (χ1n) is 6.87. The lowest BCUT2D eigenvalue weighted by Crippen LogP contribution is -2.33. The molecular formula is C16H14FN4O2+. The fraction of sp³-hybridized carbons (Fsp3) is 0.0625. The Bertz CT molecular complexity index is 846. The molecule has 6 nitrogen and oxygen atoms in total. The van der Waals surface area contributed by atoms with E-state index in [1.807, 2.05) is 18.2 Å². The number of nitrogens with zero attached hydrogens (tertiary/aromatic N) is 2. The Labute approximate surface area is 131 Å².